The Balaban J connectivity index is 1.77. The van der Waals surface area contributed by atoms with Crippen LogP contribution < -0.4 is 10.3 Å². The zero-order valence-electron chi connectivity index (χ0n) is 16.4. The molecule has 0 fully saturated rings. The number of aromatic nitrogens is 2. The summed E-state index contributed by atoms with van der Waals surface area (Å²) in [5.74, 6) is -0.0633. The number of methoxy groups -OCH3 is 1. The highest BCUT2D eigenvalue weighted by Crippen LogP contribution is 2.39. The van der Waals surface area contributed by atoms with Gasteiger partial charge in [-0.3, -0.25) is 9.59 Å². The van der Waals surface area contributed by atoms with E-state index in [-0.39, 0.29) is 12.2 Å². The SMILES string of the molecule is CCc1c2c(nc3ccc(OC=O)cc13)-c1cc3c(c(=O)n1C2)COC(=O)C3OC. The van der Waals surface area contributed by atoms with Crippen molar-refractivity contribution in [2.24, 2.45) is 0 Å². The summed E-state index contributed by atoms with van der Waals surface area (Å²) in [7, 11) is 1.42. The van der Waals surface area contributed by atoms with Gasteiger partial charge < -0.3 is 18.8 Å². The highest BCUT2D eigenvalue weighted by Gasteiger charge is 2.35. The molecule has 1 unspecified atom stereocenters. The van der Waals surface area contributed by atoms with E-state index in [0.29, 0.717) is 35.6 Å². The molecule has 0 radical (unpaired) electrons. The number of fused-ring (bicyclic) bond motifs is 5. The van der Waals surface area contributed by atoms with E-state index in [0.717, 1.165) is 34.1 Å². The van der Waals surface area contributed by atoms with Crippen molar-refractivity contribution in [1.82, 2.24) is 9.55 Å². The Morgan fingerprint density at radius 2 is 2.10 bits per heavy atom. The van der Waals surface area contributed by atoms with Crippen LogP contribution in [0.15, 0.2) is 29.1 Å². The highest BCUT2D eigenvalue weighted by atomic mass is 16.6. The molecular weight excluding hydrogens is 388 g/mol. The number of carbonyl (C=O) groups excluding carboxylic acids is 2. The van der Waals surface area contributed by atoms with Gasteiger partial charge in [0.25, 0.3) is 12.0 Å². The van der Waals surface area contributed by atoms with Gasteiger partial charge in [0.05, 0.1) is 29.0 Å². The number of hydrogen-bond acceptors (Lipinski definition) is 7. The molecule has 0 saturated carbocycles. The number of cyclic esters (lactones) is 1. The third-order valence-corrected chi connectivity index (χ3v) is 5.80. The Morgan fingerprint density at radius 1 is 1.27 bits per heavy atom. The van der Waals surface area contributed by atoms with E-state index in [1.165, 1.54) is 7.11 Å². The Morgan fingerprint density at radius 3 is 2.83 bits per heavy atom. The molecular formula is C22H18N2O6. The molecule has 5 rings (SSSR count). The smallest absolute Gasteiger partial charge is 0.340 e. The van der Waals surface area contributed by atoms with E-state index in [1.807, 2.05) is 13.0 Å². The molecule has 0 aliphatic carbocycles. The zero-order valence-corrected chi connectivity index (χ0v) is 16.4. The normalized spacial score (nSPS) is 16.6. The van der Waals surface area contributed by atoms with Crippen LogP contribution in [0.3, 0.4) is 0 Å². The molecule has 2 aliphatic heterocycles. The van der Waals surface area contributed by atoms with Crippen molar-refractivity contribution in [2.75, 3.05) is 7.11 Å². The molecule has 1 atom stereocenters. The predicted octanol–water partition coefficient (Wildman–Crippen LogP) is 2.27. The average Bonchev–Trinajstić information content (AvgIpc) is 3.11. The molecule has 2 aliphatic rings. The summed E-state index contributed by atoms with van der Waals surface area (Å²) >= 11 is 0. The molecule has 0 spiro atoms. The van der Waals surface area contributed by atoms with Crippen molar-refractivity contribution >= 4 is 23.3 Å². The van der Waals surface area contributed by atoms with Crippen molar-refractivity contribution in [3.05, 3.63) is 56.9 Å². The minimum Gasteiger partial charge on any atom is -0.458 e. The van der Waals surface area contributed by atoms with Gasteiger partial charge in [0.2, 0.25) is 0 Å². The van der Waals surface area contributed by atoms with Crippen LogP contribution in [-0.2, 0) is 38.6 Å². The summed E-state index contributed by atoms with van der Waals surface area (Å²) in [6.07, 6.45) is -0.207. The Kier molecular flexibility index (Phi) is 4.18. The Hall–Kier alpha value is -3.52. The zero-order chi connectivity index (χ0) is 21.0. The molecule has 0 bridgehead atoms. The lowest BCUT2D eigenvalue weighted by Crippen LogP contribution is -2.33. The number of ether oxygens (including phenoxy) is 3. The molecule has 4 heterocycles. The molecule has 30 heavy (non-hydrogen) atoms. The minimum atomic E-state index is -0.925. The highest BCUT2D eigenvalue weighted by molar-refractivity contribution is 5.89. The summed E-state index contributed by atoms with van der Waals surface area (Å²) in [6.45, 7) is 2.74. The Bertz CT molecular complexity index is 1290. The first kappa shape index (κ1) is 18.5. The average molecular weight is 406 g/mol. The summed E-state index contributed by atoms with van der Waals surface area (Å²) in [5.41, 5.74) is 4.88. The number of aryl methyl sites for hydroxylation is 1. The molecule has 8 nitrogen and oxygen atoms in total. The fourth-order valence-corrected chi connectivity index (χ4v) is 4.43. The maximum absolute atomic E-state index is 13.2. The lowest BCUT2D eigenvalue weighted by atomic mass is 9.97. The molecule has 0 saturated heterocycles. The quantitative estimate of drug-likeness (QED) is 0.379. The van der Waals surface area contributed by atoms with E-state index in [1.54, 1.807) is 22.8 Å². The van der Waals surface area contributed by atoms with Crippen molar-refractivity contribution in [3.8, 4) is 17.1 Å². The fraction of sp³-hybridized carbons (Fsp3) is 0.273. The van der Waals surface area contributed by atoms with Crippen molar-refractivity contribution in [3.63, 3.8) is 0 Å². The molecule has 0 N–H and O–H groups in total. The van der Waals surface area contributed by atoms with Crippen LogP contribution in [0.25, 0.3) is 22.3 Å². The summed E-state index contributed by atoms with van der Waals surface area (Å²) in [5, 5.41) is 0.884. The van der Waals surface area contributed by atoms with E-state index in [4.69, 9.17) is 19.2 Å². The third-order valence-electron chi connectivity index (χ3n) is 5.80. The van der Waals surface area contributed by atoms with Gasteiger partial charge in [0.1, 0.15) is 12.4 Å². The Labute approximate surface area is 171 Å². The topological polar surface area (TPSA) is 96.7 Å². The molecule has 1 aromatic carbocycles. The fourth-order valence-electron chi connectivity index (χ4n) is 4.43. The monoisotopic (exact) mass is 406 g/mol. The minimum absolute atomic E-state index is 0.0636. The van der Waals surface area contributed by atoms with Gasteiger partial charge in [0.15, 0.2) is 6.10 Å². The van der Waals surface area contributed by atoms with Crippen LogP contribution in [0.1, 0.15) is 35.3 Å². The first-order valence-electron chi connectivity index (χ1n) is 9.59. The second kappa shape index (κ2) is 6.77. The van der Waals surface area contributed by atoms with Crippen molar-refractivity contribution in [1.29, 1.82) is 0 Å². The van der Waals surface area contributed by atoms with Gasteiger partial charge in [0, 0.05) is 23.6 Å². The molecule has 152 valence electrons. The summed E-state index contributed by atoms with van der Waals surface area (Å²) < 4.78 is 17.1. The van der Waals surface area contributed by atoms with Crippen LogP contribution in [0.4, 0.5) is 0 Å². The van der Waals surface area contributed by atoms with E-state index >= 15 is 0 Å². The number of carbonyl (C=O) groups is 2. The van der Waals surface area contributed by atoms with Crippen LogP contribution in [0, 0.1) is 0 Å². The standard InChI is InChI=1S/C22H18N2O6/c1-3-12-13-6-11(30-10-25)4-5-17(13)23-19-15(12)8-24-18(19)7-14-16(21(24)26)9-29-22(27)20(14)28-2/h4-7,10,20H,3,8-9H2,1-2H3. The number of nitrogens with zero attached hydrogens (tertiary/aromatic N) is 2. The maximum Gasteiger partial charge on any atom is 0.340 e. The van der Waals surface area contributed by atoms with Crippen LogP contribution in [0.2, 0.25) is 0 Å². The third kappa shape index (κ3) is 2.50. The van der Waals surface area contributed by atoms with Crippen molar-refractivity contribution < 1.29 is 23.8 Å². The number of benzene rings is 1. The van der Waals surface area contributed by atoms with E-state index in [2.05, 4.69) is 0 Å². The molecule has 2 aromatic heterocycles. The molecule has 8 heteroatoms. The van der Waals surface area contributed by atoms with E-state index < -0.39 is 12.1 Å². The number of rotatable bonds is 4. The van der Waals surface area contributed by atoms with E-state index in [9.17, 15) is 14.4 Å². The van der Waals surface area contributed by atoms with Gasteiger partial charge >= 0.3 is 5.97 Å². The molecule has 3 aromatic rings. The first-order valence-corrected chi connectivity index (χ1v) is 9.59. The van der Waals surface area contributed by atoms with Gasteiger partial charge in [-0.15, -0.1) is 0 Å². The van der Waals surface area contributed by atoms with Crippen LogP contribution >= 0.6 is 0 Å². The second-order valence-corrected chi connectivity index (χ2v) is 7.24. The largest absolute Gasteiger partial charge is 0.458 e. The van der Waals surface area contributed by atoms with Crippen LogP contribution in [0.5, 0.6) is 5.75 Å². The maximum atomic E-state index is 13.2. The summed E-state index contributed by atoms with van der Waals surface area (Å²) in [4.78, 5) is 40.8. The summed E-state index contributed by atoms with van der Waals surface area (Å²) in [6, 6.07) is 7.09. The van der Waals surface area contributed by atoms with Crippen molar-refractivity contribution in [2.45, 2.75) is 32.6 Å². The molecule has 0 amide bonds. The number of pyridine rings is 2. The van der Waals surface area contributed by atoms with Gasteiger partial charge in [-0.05, 0) is 36.2 Å². The predicted molar refractivity (Wildman–Crippen MR) is 106 cm³/mol. The number of hydrogen-bond donors (Lipinski definition) is 0. The van der Waals surface area contributed by atoms with Crippen LogP contribution in [-0.4, -0.2) is 29.1 Å². The first-order chi connectivity index (χ1) is 14.6. The lowest BCUT2D eigenvalue weighted by molar-refractivity contribution is -0.159. The second-order valence-electron chi connectivity index (χ2n) is 7.24. The lowest BCUT2D eigenvalue weighted by Gasteiger charge is -2.24. The van der Waals surface area contributed by atoms with Gasteiger partial charge in [-0.1, -0.05) is 6.92 Å². The number of esters is 1. The van der Waals surface area contributed by atoms with Gasteiger partial charge in [-0.2, -0.15) is 0 Å². The van der Waals surface area contributed by atoms with Gasteiger partial charge in [-0.25, -0.2) is 9.78 Å².